The first-order valence-corrected chi connectivity index (χ1v) is 3.27. The van der Waals surface area contributed by atoms with Crippen LogP contribution in [-0.2, 0) is 0 Å². The number of nitrogens with zero attached hydrogens (tertiary/aromatic N) is 1. The van der Waals surface area contributed by atoms with E-state index in [9.17, 15) is 0 Å². The van der Waals surface area contributed by atoms with Gasteiger partial charge < -0.3 is 10.6 Å². The Balaban J connectivity index is -0.000000245. The molecule has 0 atom stereocenters. The van der Waals surface area contributed by atoms with Crippen molar-refractivity contribution >= 4 is 24.8 Å². The fourth-order valence-corrected chi connectivity index (χ4v) is 0.722. The van der Waals surface area contributed by atoms with Gasteiger partial charge in [0.05, 0.1) is 0 Å². The van der Waals surface area contributed by atoms with Gasteiger partial charge in [-0.15, -0.1) is 24.8 Å². The number of hydrogen-bond acceptors (Lipinski definition) is 2. The average molecular weight is 189 g/mol. The van der Waals surface area contributed by atoms with Gasteiger partial charge in [-0.05, 0) is 13.1 Å². The zero-order valence-electron chi connectivity index (χ0n) is 6.67. The van der Waals surface area contributed by atoms with Crippen LogP contribution in [0.3, 0.4) is 0 Å². The summed E-state index contributed by atoms with van der Waals surface area (Å²) in [5, 5.41) is 0. The van der Waals surface area contributed by atoms with Gasteiger partial charge in [-0.2, -0.15) is 0 Å². The number of hydrogen-bond donors (Lipinski definition) is 1. The first kappa shape index (κ1) is 16.8. The van der Waals surface area contributed by atoms with Crippen LogP contribution in [0.2, 0.25) is 0 Å². The Labute approximate surface area is 76.0 Å². The van der Waals surface area contributed by atoms with E-state index in [0.29, 0.717) is 0 Å². The maximum absolute atomic E-state index is 5.34. The van der Waals surface area contributed by atoms with E-state index < -0.39 is 0 Å². The highest BCUT2D eigenvalue weighted by molar-refractivity contribution is 5.85. The van der Waals surface area contributed by atoms with Gasteiger partial charge >= 0.3 is 0 Å². The minimum absolute atomic E-state index is 0. The molecule has 0 bridgehead atoms. The summed E-state index contributed by atoms with van der Waals surface area (Å²) in [5.41, 5.74) is 5.34. The van der Waals surface area contributed by atoms with Crippen molar-refractivity contribution in [1.29, 1.82) is 0 Å². The summed E-state index contributed by atoms with van der Waals surface area (Å²) in [4.78, 5) is 2.31. The standard InChI is InChI=1S/C6H16N2.2ClH/c1-3-8(4-2)6-5-7;;/h3-7H2,1-2H3;2*1H. The number of nitrogens with two attached hydrogens (primary N) is 1. The maximum atomic E-state index is 5.34. The summed E-state index contributed by atoms with van der Waals surface area (Å²) in [6.45, 7) is 8.36. The van der Waals surface area contributed by atoms with Gasteiger partial charge in [-0.1, -0.05) is 13.8 Å². The quantitative estimate of drug-likeness (QED) is 0.718. The largest absolute Gasteiger partial charge is 0.329 e. The molecule has 0 rings (SSSR count). The molecule has 0 radical (unpaired) electrons. The van der Waals surface area contributed by atoms with Crippen LogP contribution in [-0.4, -0.2) is 31.1 Å². The van der Waals surface area contributed by atoms with Gasteiger partial charge in [0, 0.05) is 13.1 Å². The predicted octanol–water partition coefficient (Wildman–Crippen LogP) is 1.13. The Kier molecular flexibility index (Phi) is 20.6. The van der Waals surface area contributed by atoms with Crippen LogP contribution in [0.1, 0.15) is 13.8 Å². The van der Waals surface area contributed by atoms with E-state index in [1.165, 1.54) is 0 Å². The molecule has 0 unspecified atom stereocenters. The van der Waals surface area contributed by atoms with E-state index >= 15 is 0 Å². The lowest BCUT2D eigenvalue weighted by Gasteiger charge is -2.15. The van der Waals surface area contributed by atoms with Crippen molar-refractivity contribution in [2.75, 3.05) is 26.2 Å². The molecule has 0 aromatic carbocycles. The second kappa shape index (κ2) is 12.2. The summed E-state index contributed by atoms with van der Waals surface area (Å²) in [5.74, 6) is 0. The molecular formula is C6H18Cl2N2. The molecule has 0 aromatic rings. The summed E-state index contributed by atoms with van der Waals surface area (Å²) in [6, 6.07) is 0. The molecule has 10 heavy (non-hydrogen) atoms. The fourth-order valence-electron chi connectivity index (χ4n) is 0.722. The Morgan fingerprint density at radius 1 is 1.10 bits per heavy atom. The van der Waals surface area contributed by atoms with Crippen LogP contribution in [0.5, 0.6) is 0 Å². The third kappa shape index (κ3) is 8.50. The van der Waals surface area contributed by atoms with E-state index in [1.54, 1.807) is 0 Å². The average Bonchev–Trinajstić information content (AvgIpc) is 1.83. The molecule has 0 fully saturated rings. The third-order valence-electron chi connectivity index (χ3n) is 1.34. The Hall–Kier alpha value is 0.500. The van der Waals surface area contributed by atoms with Crippen LogP contribution < -0.4 is 5.73 Å². The van der Waals surface area contributed by atoms with Crippen molar-refractivity contribution in [3.8, 4) is 0 Å². The molecule has 0 amide bonds. The van der Waals surface area contributed by atoms with Crippen molar-refractivity contribution in [2.45, 2.75) is 13.8 Å². The molecule has 0 aliphatic heterocycles. The van der Waals surface area contributed by atoms with Gasteiger partial charge in [0.2, 0.25) is 0 Å². The SMILES string of the molecule is CCN(CC)CCN.Cl.Cl. The highest BCUT2D eigenvalue weighted by Crippen LogP contribution is 1.81. The van der Waals surface area contributed by atoms with Crippen molar-refractivity contribution < 1.29 is 0 Å². The topological polar surface area (TPSA) is 29.3 Å². The minimum atomic E-state index is 0. The molecule has 0 saturated carbocycles. The normalized spacial score (nSPS) is 8.40. The van der Waals surface area contributed by atoms with E-state index in [1.807, 2.05) is 0 Å². The van der Waals surface area contributed by atoms with Crippen LogP contribution >= 0.6 is 24.8 Å². The third-order valence-corrected chi connectivity index (χ3v) is 1.34. The fraction of sp³-hybridized carbons (Fsp3) is 1.00. The van der Waals surface area contributed by atoms with E-state index in [4.69, 9.17) is 5.73 Å². The smallest absolute Gasteiger partial charge is 0.0104 e. The van der Waals surface area contributed by atoms with Crippen molar-refractivity contribution in [3.05, 3.63) is 0 Å². The summed E-state index contributed by atoms with van der Waals surface area (Å²) in [6.07, 6.45) is 0. The van der Waals surface area contributed by atoms with Gasteiger partial charge in [-0.25, -0.2) is 0 Å². The number of halogens is 2. The molecule has 66 valence electrons. The van der Waals surface area contributed by atoms with Gasteiger partial charge in [-0.3, -0.25) is 0 Å². The van der Waals surface area contributed by atoms with Crippen LogP contribution in [0.15, 0.2) is 0 Å². The Bertz CT molecular complexity index is 49.0. The van der Waals surface area contributed by atoms with E-state index in [-0.39, 0.29) is 24.8 Å². The van der Waals surface area contributed by atoms with Crippen LogP contribution in [0, 0.1) is 0 Å². The van der Waals surface area contributed by atoms with E-state index in [0.717, 1.165) is 26.2 Å². The molecular weight excluding hydrogens is 171 g/mol. The van der Waals surface area contributed by atoms with E-state index in [2.05, 4.69) is 18.7 Å². The lowest BCUT2D eigenvalue weighted by molar-refractivity contribution is 0.312. The first-order chi connectivity index (χ1) is 3.85. The van der Waals surface area contributed by atoms with Gasteiger partial charge in [0.25, 0.3) is 0 Å². The predicted molar refractivity (Wildman–Crippen MR) is 51.3 cm³/mol. The molecule has 0 aromatic heterocycles. The molecule has 4 heteroatoms. The summed E-state index contributed by atoms with van der Waals surface area (Å²) < 4.78 is 0. The molecule has 0 aliphatic rings. The zero-order chi connectivity index (χ0) is 6.41. The molecule has 0 aliphatic carbocycles. The summed E-state index contributed by atoms with van der Waals surface area (Å²) >= 11 is 0. The molecule has 2 nitrogen and oxygen atoms in total. The molecule has 0 saturated heterocycles. The molecule has 2 N–H and O–H groups in total. The second-order valence-electron chi connectivity index (χ2n) is 1.82. The Morgan fingerprint density at radius 2 is 1.50 bits per heavy atom. The van der Waals surface area contributed by atoms with Gasteiger partial charge in [0.15, 0.2) is 0 Å². The van der Waals surface area contributed by atoms with Crippen LogP contribution in [0.25, 0.3) is 0 Å². The Morgan fingerprint density at radius 3 is 1.60 bits per heavy atom. The first-order valence-electron chi connectivity index (χ1n) is 3.27. The zero-order valence-corrected chi connectivity index (χ0v) is 8.30. The van der Waals surface area contributed by atoms with Crippen molar-refractivity contribution in [1.82, 2.24) is 4.90 Å². The number of likely N-dealkylation sites (N-methyl/N-ethyl adjacent to an activating group) is 1. The molecule has 0 heterocycles. The highest BCUT2D eigenvalue weighted by Gasteiger charge is 1.92. The summed E-state index contributed by atoms with van der Waals surface area (Å²) in [7, 11) is 0. The highest BCUT2D eigenvalue weighted by atomic mass is 35.5. The van der Waals surface area contributed by atoms with Crippen molar-refractivity contribution in [2.24, 2.45) is 5.73 Å². The van der Waals surface area contributed by atoms with Gasteiger partial charge in [0.1, 0.15) is 0 Å². The second-order valence-corrected chi connectivity index (χ2v) is 1.82. The van der Waals surface area contributed by atoms with Crippen LogP contribution in [0.4, 0.5) is 0 Å². The maximum Gasteiger partial charge on any atom is 0.0104 e. The molecule has 0 spiro atoms. The lowest BCUT2D eigenvalue weighted by Crippen LogP contribution is -2.28. The lowest BCUT2D eigenvalue weighted by atomic mass is 10.5. The number of rotatable bonds is 4. The monoisotopic (exact) mass is 188 g/mol. The minimum Gasteiger partial charge on any atom is -0.329 e. The van der Waals surface area contributed by atoms with Crippen molar-refractivity contribution in [3.63, 3.8) is 0 Å².